The molecule has 0 radical (unpaired) electrons. The molecule has 34 heavy (non-hydrogen) atoms. The Bertz CT molecular complexity index is 1170. The molecule has 1 unspecified atom stereocenters. The molecule has 1 atom stereocenters. The number of pyridine rings is 1. The molecule has 0 fully saturated rings. The van der Waals surface area contributed by atoms with Crippen molar-refractivity contribution >= 4 is 16.8 Å². The van der Waals surface area contributed by atoms with Gasteiger partial charge in [0, 0.05) is 10.9 Å². The number of amides is 1. The maximum atomic E-state index is 12.8. The number of benzene rings is 2. The first kappa shape index (κ1) is 25.3. The van der Waals surface area contributed by atoms with Crippen LogP contribution in [0.25, 0.3) is 10.9 Å². The second-order valence-electron chi connectivity index (χ2n) is 9.30. The Morgan fingerprint density at radius 2 is 1.85 bits per heavy atom. The second-order valence-corrected chi connectivity index (χ2v) is 9.30. The standard InChI is InChI=1S/C27H34N2O5/c1-6-10-20(33-16-18-11-8-7-9-12-18)17-34-24-22(32-5)14-13-19-15-21(25(30)28-23(19)24)26(31)29-27(2,3)4/h7-9,11-15,20H,6,10,16-17H2,1-5H3,(H,28,30)(H,29,31). The normalized spacial score (nSPS) is 12.4. The Labute approximate surface area is 200 Å². The van der Waals surface area contributed by atoms with Crippen LogP contribution in [0.4, 0.5) is 0 Å². The molecule has 2 aromatic carbocycles. The molecule has 0 aliphatic heterocycles. The molecule has 0 aliphatic rings. The van der Waals surface area contributed by atoms with Crippen molar-refractivity contribution in [3.05, 3.63) is 70.0 Å². The summed E-state index contributed by atoms with van der Waals surface area (Å²) in [6, 6.07) is 15.1. The molecule has 0 bridgehead atoms. The van der Waals surface area contributed by atoms with Crippen LogP contribution in [0.3, 0.4) is 0 Å². The number of nitrogens with one attached hydrogen (secondary N) is 2. The first-order valence-electron chi connectivity index (χ1n) is 11.6. The minimum Gasteiger partial charge on any atom is -0.493 e. The molecule has 3 rings (SSSR count). The minimum absolute atomic E-state index is 0.0496. The highest BCUT2D eigenvalue weighted by molar-refractivity contribution is 5.98. The van der Waals surface area contributed by atoms with Crippen LogP contribution in [0.15, 0.2) is 53.3 Å². The lowest BCUT2D eigenvalue weighted by atomic mass is 10.1. The van der Waals surface area contributed by atoms with Crippen LogP contribution in [-0.2, 0) is 11.3 Å². The summed E-state index contributed by atoms with van der Waals surface area (Å²) >= 11 is 0. The van der Waals surface area contributed by atoms with Gasteiger partial charge < -0.3 is 24.5 Å². The van der Waals surface area contributed by atoms with E-state index in [1.54, 1.807) is 25.3 Å². The van der Waals surface area contributed by atoms with Gasteiger partial charge in [-0.3, -0.25) is 9.59 Å². The van der Waals surface area contributed by atoms with Gasteiger partial charge in [0.2, 0.25) is 0 Å². The Hall–Kier alpha value is -3.32. The van der Waals surface area contributed by atoms with Gasteiger partial charge in [0.25, 0.3) is 11.5 Å². The first-order valence-corrected chi connectivity index (χ1v) is 11.6. The largest absolute Gasteiger partial charge is 0.493 e. The van der Waals surface area contributed by atoms with Crippen LogP contribution in [0, 0.1) is 0 Å². The summed E-state index contributed by atoms with van der Waals surface area (Å²) in [4.78, 5) is 28.2. The number of hydrogen-bond donors (Lipinski definition) is 2. The number of rotatable bonds is 10. The summed E-state index contributed by atoms with van der Waals surface area (Å²) in [5, 5.41) is 3.50. The summed E-state index contributed by atoms with van der Waals surface area (Å²) in [6.07, 6.45) is 1.64. The van der Waals surface area contributed by atoms with Gasteiger partial charge in [0.05, 0.1) is 25.3 Å². The maximum Gasteiger partial charge on any atom is 0.261 e. The van der Waals surface area contributed by atoms with Crippen molar-refractivity contribution in [1.29, 1.82) is 0 Å². The molecule has 0 aliphatic carbocycles. The van der Waals surface area contributed by atoms with Crippen LogP contribution in [-0.4, -0.2) is 36.3 Å². The predicted molar refractivity (Wildman–Crippen MR) is 134 cm³/mol. The van der Waals surface area contributed by atoms with E-state index in [9.17, 15) is 9.59 Å². The Morgan fingerprint density at radius 3 is 2.50 bits per heavy atom. The van der Waals surface area contributed by atoms with Crippen molar-refractivity contribution in [3.8, 4) is 11.5 Å². The van der Waals surface area contributed by atoms with E-state index in [0.29, 0.717) is 35.6 Å². The van der Waals surface area contributed by atoms with E-state index < -0.39 is 17.0 Å². The molecule has 182 valence electrons. The fourth-order valence-corrected chi connectivity index (χ4v) is 3.61. The van der Waals surface area contributed by atoms with Crippen LogP contribution >= 0.6 is 0 Å². The first-order chi connectivity index (χ1) is 16.2. The highest BCUT2D eigenvalue weighted by Gasteiger charge is 2.21. The van der Waals surface area contributed by atoms with Crippen molar-refractivity contribution in [3.63, 3.8) is 0 Å². The van der Waals surface area contributed by atoms with Gasteiger partial charge in [0.1, 0.15) is 12.2 Å². The van der Waals surface area contributed by atoms with E-state index >= 15 is 0 Å². The van der Waals surface area contributed by atoms with Crippen LogP contribution in [0.2, 0.25) is 0 Å². The van der Waals surface area contributed by atoms with Crippen molar-refractivity contribution in [2.75, 3.05) is 13.7 Å². The zero-order chi connectivity index (χ0) is 24.7. The number of carbonyl (C=O) groups excluding carboxylic acids is 1. The minimum atomic E-state index is -0.488. The number of methoxy groups -OCH3 is 1. The van der Waals surface area contributed by atoms with E-state index in [4.69, 9.17) is 14.2 Å². The second kappa shape index (κ2) is 11.2. The SMILES string of the molecule is CCCC(COc1c(OC)ccc2cc(C(=O)NC(C)(C)C)c(=O)[nH]c12)OCc1ccccc1. The van der Waals surface area contributed by atoms with Crippen LogP contribution in [0.5, 0.6) is 11.5 Å². The van der Waals surface area contributed by atoms with Crippen molar-refractivity contribution in [1.82, 2.24) is 10.3 Å². The number of H-pyrrole nitrogens is 1. The lowest BCUT2D eigenvalue weighted by molar-refractivity contribution is 0.00404. The molecule has 1 heterocycles. The van der Waals surface area contributed by atoms with Gasteiger partial charge in [0.15, 0.2) is 11.5 Å². The van der Waals surface area contributed by atoms with E-state index in [0.717, 1.165) is 18.4 Å². The quantitative estimate of drug-likeness (QED) is 0.447. The molecule has 7 heteroatoms. The lowest BCUT2D eigenvalue weighted by Gasteiger charge is -2.21. The monoisotopic (exact) mass is 466 g/mol. The molecule has 1 aromatic heterocycles. The van der Waals surface area contributed by atoms with E-state index in [1.807, 2.05) is 51.1 Å². The molecule has 0 saturated carbocycles. The highest BCUT2D eigenvalue weighted by atomic mass is 16.5. The number of hydrogen-bond acceptors (Lipinski definition) is 5. The molecule has 2 N–H and O–H groups in total. The van der Waals surface area contributed by atoms with Gasteiger partial charge in [-0.15, -0.1) is 0 Å². The third kappa shape index (κ3) is 6.60. The Morgan fingerprint density at radius 1 is 1.12 bits per heavy atom. The van der Waals surface area contributed by atoms with Gasteiger partial charge in [-0.1, -0.05) is 43.7 Å². The van der Waals surface area contributed by atoms with Crippen molar-refractivity contribution in [2.45, 2.75) is 58.8 Å². The molecular weight excluding hydrogens is 432 g/mol. The highest BCUT2D eigenvalue weighted by Crippen LogP contribution is 2.34. The van der Waals surface area contributed by atoms with Crippen LogP contribution < -0.4 is 20.3 Å². The Kier molecular flexibility index (Phi) is 8.34. The zero-order valence-corrected chi connectivity index (χ0v) is 20.6. The topological polar surface area (TPSA) is 89.6 Å². The maximum absolute atomic E-state index is 12.8. The lowest BCUT2D eigenvalue weighted by Crippen LogP contribution is -2.42. The fraction of sp³-hybridized carbons (Fsp3) is 0.407. The van der Waals surface area contributed by atoms with Crippen molar-refractivity contribution in [2.24, 2.45) is 0 Å². The van der Waals surface area contributed by atoms with Gasteiger partial charge >= 0.3 is 0 Å². The summed E-state index contributed by atoms with van der Waals surface area (Å²) < 4.78 is 17.8. The number of ether oxygens (including phenoxy) is 3. The molecule has 3 aromatic rings. The van der Waals surface area contributed by atoms with E-state index in [1.165, 1.54) is 0 Å². The summed E-state index contributed by atoms with van der Waals surface area (Å²) in [6.45, 7) is 8.48. The number of aromatic nitrogens is 1. The summed E-state index contributed by atoms with van der Waals surface area (Å²) in [5.74, 6) is 0.490. The zero-order valence-electron chi connectivity index (χ0n) is 20.6. The van der Waals surface area contributed by atoms with E-state index in [-0.39, 0.29) is 11.7 Å². The average molecular weight is 467 g/mol. The van der Waals surface area contributed by atoms with Gasteiger partial charge in [-0.25, -0.2) is 0 Å². The third-order valence-corrected chi connectivity index (χ3v) is 5.24. The third-order valence-electron chi connectivity index (χ3n) is 5.24. The van der Waals surface area contributed by atoms with Crippen LogP contribution in [0.1, 0.15) is 56.5 Å². The number of fused-ring (bicyclic) bond motifs is 1. The van der Waals surface area contributed by atoms with Gasteiger partial charge in [-0.05, 0) is 51.0 Å². The molecular formula is C27H34N2O5. The van der Waals surface area contributed by atoms with Crippen molar-refractivity contribution < 1.29 is 19.0 Å². The fourth-order valence-electron chi connectivity index (χ4n) is 3.61. The molecule has 0 spiro atoms. The van der Waals surface area contributed by atoms with Gasteiger partial charge in [-0.2, -0.15) is 0 Å². The summed E-state index contributed by atoms with van der Waals surface area (Å²) in [7, 11) is 1.55. The molecule has 0 saturated heterocycles. The number of carbonyl (C=O) groups is 1. The number of aromatic amines is 1. The smallest absolute Gasteiger partial charge is 0.261 e. The average Bonchev–Trinajstić information content (AvgIpc) is 2.79. The predicted octanol–water partition coefficient (Wildman–Crippen LogP) is 4.83. The summed E-state index contributed by atoms with van der Waals surface area (Å²) in [5.41, 5.74) is 0.679. The molecule has 7 nitrogen and oxygen atoms in total. The van der Waals surface area contributed by atoms with E-state index in [2.05, 4.69) is 17.2 Å². The Balaban J connectivity index is 1.85. The molecule has 1 amide bonds.